The van der Waals surface area contributed by atoms with Gasteiger partial charge in [-0.25, -0.2) is 13.1 Å². The van der Waals surface area contributed by atoms with E-state index in [-0.39, 0.29) is 45.5 Å². The molecule has 4 rings (SSSR count). The molecule has 0 fully saturated rings. The van der Waals surface area contributed by atoms with Gasteiger partial charge in [-0.2, -0.15) is 4.73 Å². The predicted octanol–water partition coefficient (Wildman–Crippen LogP) is 4.49. The Labute approximate surface area is 210 Å². The molecule has 37 heavy (non-hydrogen) atoms. The molecule has 1 aromatic heterocycles. The summed E-state index contributed by atoms with van der Waals surface area (Å²) in [5, 5.41) is 0.133. The van der Waals surface area contributed by atoms with Gasteiger partial charge in [-0.3, -0.25) is 9.59 Å². The van der Waals surface area contributed by atoms with Gasteiger partial charge in [-0.05, 0) is 36.2 Å². The number of rotatable bonds is 8. The number of carbonyl (C=O) groups excluding carboxylic acids is 2. The molecule has 0 saturated heterocycles. The molecule has 0 atom stereocenters. The Balaban J connectivity index is 1.98. The Morgan fingerprint density at radius 2 is 1.54 bits per heavy atom. The van der Waals surface area contributed by atoms with Crippen molar-refractivity contribution in [3.63, 3.8) is 0 Å². The van der Waals surface area contributed by atoms with E-state index in [1.165, 1.54) is 37.3 Å². The third kappa shape index (κ3) is 5.83. The minimum absolute atomic E-state index is 0.0395. The number of alkyl halides is 3. The smallest absolute Gasteiger partial charge is 0.312 e. The third-order valence-corrected chi connectivity index (χ3v) is 6.85. The zero-order chi connectivity index (χ0) is 26.8. The van der Waals surface area contributed by atoms with Crippen molar-refractivity contribution >= 4 is 32.6 Å². The van der Waals surface area contributed by atoms with Gasteiger partial charge < -0.3 is 4.84 Å². The molecule has 11 heteroatoms. The highest BCUT2D eigenvalue weighted by Gasteiger charge is 2.36. The molecule has 0 radical (unpaired) electrons. The number of halogens is 3. The summed E-state index contributed by atoms with van der Waals surface area (Å²) in [5.74, 6) is -2.01. The maximum absolute atomic E-state index is 13.6. The van der Waals surface area contributed by atoms with Gasteiger partial charge in [0.05, 0.1) is 11.3 Å². The summed E-state index contributed by atoms with van der Waals surface area (Å²) in [6.07, 6.45) is -5.09. The summed E-state index contributed by atoms with van der Waals surface area (Å²) < 4.78 is 66.6. The second-order valence-electron chi connectivity index (χ2n) is 8.08. The van der Waals surface area contributed by atoms with Crippen LogP contribution in [0.5, 0.6) is 0 Å². The molecule has 0 spiro atoms. The quantitative estimate of drug-likeness (QED) is 0.339. The number of hydrogen-bond donors (Lipinski definition) is 1. The van der Waals surface area contributed by atoms with E-state index in [1.54, 1.807) is 48.5 Å². The Hall–Kier alpha value is -4.12. The molecule has 1 N–H and O–H groups in total. The lowest BCUT2D eigenvalue weighted by Crippen LogP contribution is -2.31. The maximum atomic E-state index is 13.6. The second kappa shape index (κ2) is 10.1. The highest BCUT2D eigenvalue weighted by atomic mass is 32.2. The van der Waals surface area contributed by atoms with Crippen LogP contribution in [0.3, 0.4) is 0 Å². The molecule has 0 bridgehead atoms. The Bertz CT molecular complexity index is 1560. The van der Waals surface area contributed by atoms with Crippen LogP contribution < -0.4 is 9.56 Å². The summed E-state index contributed by atoms with van der Waals surface area (Å²) in [7, 11) is -3.89. The SMILES string of the molecule is CCS(=O)(=O)NC(=O)c1ccc2c(c1)c(Cc1ccccc1)c(C(=O)c1ccccc1)n2OC(F)(F)F. The largest absolute Gasteiger partial charge is 0.591 e. The summed E-state index contributed by atoms with van der Waals surface area (Å²) in [6.45, 7) is 1.35. The molecule has 0 unspecified atom stereocenters. The number of benzene rings is 3. The molecule has 0 aliphatic carbocycles. The summed E-state index contributed by atoms with van der Waals surface area (Å²) in [5.41, 5.74) is 0.435. The fraction of sp³-hybridized carbons (Fsp3) is 0.154. The zero-order valence-corrected chi connectivity index (χ0v) is 20.3. The van der Waals surface area contributed by atoms with E-state index >= 15 is 0 Å². The summed E-state index contributed by atoms with van der Waals surface area (Å²) in [4.78, 5) is 30.5. The lowest BCUT2D eigenvalue weighted by molar-refractivity contribution is -0.321. The Morgan fingerprint density at radius 3 is 2.14 bits per heavy atom. The fourth-order valence-corrected chi connectivity index (χ4v) is 4.42. The minimum atomic E-state index is -5.13. The standard InChI is InChI=1S/C26H21F3N2O5S/c1-2-37(34,35)30-25(33)19-13-14-22-20(16-19)21(15-17-9-5-3-6-10-17)23(31(22)36-26(27,28)29)24(32)18-11-7-4-8-12-18/h3-14,16H,2,15H2,1H3,(H,30,33). The van der Waals surface area contributed by atoms with Crippen molar-refractivity contribution in [3.8, 4) is 0 Å². The van der Waals surface area contributed by atoms with Crippen molar-refractivity contribution in [2.75, 3.05) is 5.75 Å². The van der Waals surface area contributed by atoms with Gasteiger partial charge in [0, 0.05) is 22.9 Å². The lowest BCUT2D eigenvalue weighted by Gasteiger charge is -2.14. The third-order valence-electron chi connectivity index (χ3n) is 5.59. The van der Waals surface area contributed by atoms with Gasteiger partial charge in [0.25, 0.3) is 5.91 Å². The highest BCUT2D eigenvalue weighted by Crippen LogP contribution is 2.32. The molecule has 0 saturated carbocycles. The van der Waals surface area contributed by atoms with Crippen molar-refractivity contribution < 1.29 is 36.0 Å². The van der Waals surface area contributed by atoms with Crippen LogP contribution in [-0.4, -0.2) is 37.0 Å². The van der Waals surface area contributed by atoms with Gasteiger partial charge in [0.15, 0.2) is 0 Å². The predicted molar refractivity (Wildman–Crippen MR) is 131 cm³/mol. The summed E-state index contributed by atoms with van der Waals surface area (Å²) in [6, 6.07) is 20.1. The second-order valence-corrected chi connectivity index (χ2v) is 10.1. The van der Waals surface area contributed by atoms with Crippen LogP contribution in [0, 0.1) is 0 Å². The first-order valence-electron chi connectivity index (χ1n) is 11.1. The van der Waals surface area contributed by atoms with Crippen molar-refractivity contribution in [1.82, 2.24) is 9.45 Å². The topological polar surface area (TPSA) is 94.5 Å². The average Bonchev–Trinajstić information content (AvgIpc) is 3.15. The lowest BCUT2D eigenvalue weighted by atomic mass is 9.97. The molecular formula is C26H21F3N2O5S. The van der Waals surface area contributed by atoms with Crippen LogP contribution in [0.2, 0.25) is 0 Å². The molecule has 3 aromatic carbocycles. The normalized spacial score (nSPS) is 11.9. The van der Waals surface area contributed by atoms with Crippen molar-refractivity contribution in [2.24, 2.45) is 0 Å². The van der Waals surface area contributed by atoms with E-state index in [9.17, 15) is 31.2 Å². The fourth-order valence-electron chi connectivity index (χ4n) is 3.87. The number of ketones is 1. The monoisotopic (exact) mass is 530 g/mol. The van der Waals surface area contributed by atoms with Crippen LogP contribution in [0.1, 0.15) is 44.5 Å². The van der Waals surface area contributed by atoms with E-state index < -0.39 is 28.1 Å². The van der Waals surface area contributed by atoms with E-state index in [2.05, 4.69) is 4.84 Å². The van der Waals surface area contributed by atoms with E-state index in [4.69, 9.17) is 0 Å². The van der Waals surface area contributed by atoms with Gasteiger partial charge in [0.1, 0.15) is 5.69 Å². The van der Waals surface area contributed by atoms with E-state index in [0.29, 0.717) is 10.3 Å². The molecule has 1 heterocycles. The van der Waals surface area contributed by atoms with Crippen molar-refractivity contribution in [1.29, 1.82) is 0 Å². The molecule has 4 aromatic rings. The number of nitrogens with zero attached hydrogens (tertiary/aromatic N) is 1. The van der Waals surface area contributed by atoms with Crippen LogP contribution in [0.25, 0.3) is 10.9 Å². The van der Waals surface area contributed by atoms with Gasteiger partial charge in [0.2, 0.25) is 15.8 Å². The Morgan fingerprint density at radius 1 is 0.919 bits per heavy atom. The van der Waals surface area contributed by atoms with Gasteiger partial charge in [-0.1, -0.05) is 60.7 Å². The van der Waals surface area contributed by atoms with Gasteiger partial charge in [-0.15, -0.1) is 13.2 Å². The van der Waals surface area contributed by atoms with Crippen molar-refractivity contribution in [2.45, 2.75) is 19.7 Å². The Kier molecular flexibility index (Phi) is 7.08. The number of nitrogens with one attached hydrogen (secondary N) is 1. The van der Waals surface area contributed by atoms with Crippen LogP contribution in [-0.2, 0) is 16.4 Å². The molecule has 0 aliphatic heterocycles. The molecule has 1 amide bonds. The van der Waals surface area contributed by atoms with E-state index in [1.807, 2.05) is 4.72 Å². The minimum Gasteiger partial charge on any atom is -0.312 e. The zero-order valence-electron chi connectivity index (χ0n) is 19.5. The number of amides is 1. The molecule has 192 valence electrons. The first-order valence-corrected chi connectivity index (χ1v) is 12.8. The molecule has 7 nitrogen and oxygen atoms in total. The first kappa shape index (κ1) is 26.0. The van der Waals surface area contributed by atoms with Crippen LogP contribution in [0.4, 0.5) is 13.2 Å². The summed E-state index contributed by atoms with van der Waals surface area (Å²) >= 11 is 0. The number of fused-ring (bicyclic) bond motifs is 1. The van der Waals surface area contributed by atoms with Crippen LogP contribution in [0.15, 0.2) is 78.9 Å². The highest BCUT2D eigenvalue weighted by molar-refractivity contribution is 7.90. The van der Waals surface area contributed by atoms with E-state index in [0.717, 1.165) is 0 Å². The average molecular weight is 531 g/mol. The molecule has 0 aliphatic rings. The van der Waals surface area contributed by atoms with Crippen molar-refractivity contribution in [3.05, 3.63) is 107 Å². The number of hydrogen-bond acceptors (Lipinski definition) is 5. The van der Waals surface area contributed by atoms with Crippen LogP contribution >= 0.6 is 0 Å². The van der Waals surface area contributed by atoms with Gasteiger partial charge >= 0.3 is 6.36 Å². The molecular weight excluding hydrogens is 509 g/mol. The maximum Gasteiger partial charge on any atom is 0.591 e. The number of aromatic nitrogens is 1. The first-order chi connectivity index (χ1) is 17.5. The number of sulfonamides is 1. The number of carbonyl (C=O) groups is 2.